The predicted molar refractivity (Wildman–Crippen MR) is 75.1 cm³/mol. The van der Waals surface area contributed by atoms with Gasteiger partial charge in [-0.15, -0.1) is 6.42 Å². The second-order valence-corrected chi connectivity index (χ2v) is 3.26. The molecule has 1 heteroatoms. The van der Waals surface area contributed by atoms with Gasteiger partial charge in [-0.3, -0.25) is 0 Å². The van der Waals surface area contributed by atoms with Crippen LogP contribution < -0.4 is 0 Å². The predicted octanol–water partition coefficient (Wildman–Crippen LogP) is 4.52. The Morgan fingerprint density at radius 3 is 2.88 bits per heavy atom. The van der Waals surface area contributed by atoms with E-state index in [1.807, 2.05) is 32.1 Å². The van der Waals surface area contributed by atoms with Gasteiger partial charge in [-0.05, 0) is 37.6 Å². The zero-order valence-electron chi connectivity index (χ0n) is 10.9. The van der Waals surface area contributed by atoms with E-state index in [0.29, 0.717) is 5.76 Å². The maximum atomic E-state index is 5.50. The van der Waals surface area contributed by atoms with Gasteiger partial charge in [0.25, 0.3) is 0 Å². The Morgan fingerprint density at radius 1 is 1.53 bits per heavy atom. The van der Waals surface area contributed by atoms with Crippen LogP contribution in [0.5, 0.6) is 0 Å². The van der Waals surface area contributed by atoms with Crippen LogP contribution in [-0.4, -0.2) is 0 Å². The van der Waals surface area contributed by atoms with Gasteiger partial charge in [-0.2, -0.15) is 0 Å². The molecule has 0 amide bonds. The van der Waals surface area contributed by atoms with Crippen molar-refractivity contribution in [1.29, 1.82) is 0 Å². The Kier molecular flexibility index (Phi) is 8.24. The highest BCUT2D eigenvalue weighted by atomic mass is 16.5. The van der Waals surface area contributed by atoms with E-state index in [9.17, 15) is 0 Å². The summed E-state index contributed by atoms with van der Waals surface area (Å²) in [7, 11) is 0. The lowest BCUT2D eigenvalue weighted by Crippen LogP contribution is -1.87. The van der Waals surface area contributed by atoms with Gasteiger partial charge in [0.15, 0.2) is 0 Å². The van der Waals surface area contributed by atoms with Crippen LogP contribution in [0.25, 0.3) is 0 Å². The van der Waals surface area contributed by atoms with E-state index < -0.39 is 0 Å². The molecule has 0 radical (unpaired) electrons. The van der Waals surface area contributed by atoms with Gasteiger partial charge >= 0.3 is 0 Å². The smallest absolute Gasteiger partial charge is 0.127 e. The van der Waals surface area contributed by atoms with Crippen LogP contribution in [0.15, 0.2) is 60.1 Å². The van der Waals surface area contributed by atoms with Gasteiger partial charge in [0.1, 0.15) is 11.5 Å². The molecule has 0 bridgehead atoms. The standard InChI is InChI=1S/C14H14O.C2H6/c1-4-5-9-13(3)15-14-10-7-6-8-12(2)11-14;1-2/h1,5-7,9-11H,3,8H2,2H3;1-2H3/b9-5-;. The summed E-state index contributed by atoms with van der Waals surface area (Å²) in [5, 5.41) is 0. The molecule has 1 rings (SSSR count). The summed E-state index contributed by atoms with van der Waals surface area (Å²) in [5.74, 6) is 3.71. The lowest BCUT2D eigenvalue weighted by molar-refractivity contribution is 0.338. The number of ether oxygens (including phenoxy) is 1. The van der Waals surface area contributed by atoms with Crippen LogP contribution in [0.2, 0.25) is 0 Å². The molecule has 0 aliphatic heterocycles. The third kappa shape index (κ3) is 7.03. The maximum Gasteiger partial charge on any atom is 0.127 e. The highest BCUT2D eigenvalue weighted by Crippen LogP contribution is 2.15. The van der Waals surface area contributed by atoms with Crippen LogP contribution in [0, 0.1) is 12.3 Å². The van der Waals surface area contributed by atoms with E-state index >= 15 is 0 Å². The zero-order chi connectivity index (χ0) is 13.1. The Bertz CT molecular complexity index is 398. The Labute approximate surface area is 105 Å². The summed E-state index contributed by atoms with van der Waals surface area (Å²) >= 11 is 0. The number of rotatable bonds is 3. The molecule has 0 saturated heterocycles. The van der Waals surface area contributed by atoms with Crippen LogP contribution in [0.3, 0.4) is 0 Å². The molecule has 1 aliphatic rings. The Hall–Kier alpha value is -1.94. The van der Waals surface area contributed by atoms with Crippen molar-refractivity contribution in [2.45, 2.75) is 27.2 Å². The fourth-order valence-corrected chi connectivity index (χ4v) is 1.16. The lowest BCUT2D eigenvalue weighted by atomic mass is 10.2. The van der Waals surface area contributed by atoms with Crippen molar-refractivity contribution in [1.82, 2.24) is 0 Å². The van der Waals surface area contributed by atoms with E-state index in [2.05, 4.69) is 25.5 Å². The summed E-state index contributed by atoms with van der Waals surface area (Å²) in [6.07, 6.45) is 17.2. The first-order valence-electron chi connectivity index (χ1n) is 5.76. The summed E-state index contributed by atoms with van der Waals surface area (Å²) in [5.41, 5.74) is 1.25. The minimum absolute atomic E-state index is 0.540. The Morgan fingerprint density at radius 2 is 2.24 bits per heavy atom. The number of terminal acetylenes is 1. The molecular weight excluding hydrogens is 208 g/mol. The first-order valence-corrected chi connectivity index (χ1v) is 5.76. The van der Waals surface area contributed by atoms with Crippen molar-refractivity contribution in [3.05, 3.63) is 60.1 Å². The molecule has 0 atom stereocenters. The third-order valence-corrected chi connectivity index (χ3v) is 1.84. The lowest BCUT2D eigenvalue weighted by Gasteiger charge is -2.05. The molecule has 0 aromatic rings. The molecule has 1 nitrogen and oxygen atoms in total. The van der Waals surface area contributed by atoms with Gasteiger partial charge < -0.3 is 4.74 Å². The SMILES string of the molecule is C#C/C=C\C(=C)OC1=CC=CCC(C)=C1.CC. The van der Waals surface area contributed by atoms with E-state index in [0.717, 1.165) is 12.2 Å². The molecule has 0 heterocycles. The minimum atomic E-state index is 0.540. The molecule has 0 aromatic carbocycles. The van der Waals surface area contributed by atoms with Crippen LogP contribution in [-0.2, 0) is 4.74 Å². The average Bonchev–Trinajstić information content (AvgIpc) is 2.53. The monoisotopic (exact) mass is 228 g/mol. The van der Waals surface area contributed by atoms with Crippen molar-refractivity contribution in [2.24, 2.45) is 0 Å². The highest BCUT2D eigenvalue weighted by Gasteiger charge is 1.99. The van der Waals surface area contributed by atoms with Crippen LogP contribution >= 0.6 is 0 Å². The minimum Gasteiger partial charge on any atom is -0.458 e. The summed E-state index contributed by atoms with van der Waals surface area (Å²) in [6, 6.07) is 0. The maximum absolute atomic E-state index is 5.50. The average molecular weight is 228 g/mol. The molecule has 0 saturated carbocycles. The van der Waals surface area contributed by atoms with Crippen molar-refractivity contribution >= 4 is 0 Å². The molecule has 0 unspecified atom stereocenters. The zero-order valence-corrected chi connectivity index (χ0v) is 10.9. The van der Waals surface area contributed by atoms with E-state index in [-0.39, 0.29) is 0 Å². The molecule has 0 spiro atoms. The molecule has 1 aliphatic carbocycles. The molecule has 0 fully saturated rings. The normalized spacial score (nSPS) is 13.8. The molecule has 17 heavy (non-hydrogen) atoms. The van der Waals surface area contributed by atoms with Gasteiger partial charge in [-0.1, -0.05) is 44.1 Å². The second kappa shape index (κ2) is 9.30. The summed E-state index contributed by atoms with van der Waals surface area (Å²) in [4.78, 5) is 0. The van der Waals surface area contributed by atoms with Crippen LogP contribution in [0.4, 0.5) is 0 Å². The molecule has 90 valence electrons. The van der Waals surface area contributed by atoms with E-state index in [1.54, 1.807) is 12.2 Å². The van der Waals surface area contributed by atoms with Crippen molar-refractivity contribution < 1.29 is 4.74 Å². The topological polar surface area (TPSA) is 9.23 Å². The summed E-state index contributed by atoms with van der Waals surface area (Å²) in [6.45, 7) is 9.81. The number of allylic oxidation sites excluding steroid dienone is 7. The van der Waals surface area contributed by atoms with E-state index in [4.69, 9.17) is 11.2 Å². The fraction of sp³-hybridized carbons (Fsp3) is 0.250. The molecular formula is C16H20O. The number of hydrogen-bond acceptors (Lipinski definition) is 1. The van der Waals surface area contributed by atoms with Crippen molar-refractivity contribution in [3.8, 4) is 12.3 Å². The van der Waals surface area contributed by atoms with Crippen molar-refractivity contribution in [2.75, 3.05) is 0 Å². The first-order chi connectivity index (χ1) is 8.22. The largest absolute Gasteiger partial charge is 0.458 e. The number of hydrogen-bond donors (Lipinski definition) is 0. The quantitative estimate of drug-likeness (QED) is 0.392. The van der Waals surface area contributed by atoms with Crippen molar-refractivity contribution in [3.63, 3.8) is 0 Å². The van der Waals surface area contributed by atoms with Gasteiger partial charge in [0.05, 0.1) is 0 Å². The molecule has 0 aromatic heterocycles. The third-order valence-electron chi connectivity index (χ3n) is 1.84. The first kappa shape index (κ1) is 15.1. The van der Waals surface area contributed by atoms with Gasteiger partial charge in [0, 0.05) is 0 Å². The Balaban J connectivity index is 0.00000121. The second-order valence-electron chi connectivity index (χ2n) is 3.26. The van der Waals surface area contributed by atoms with E-state index in [1.165, 1.54) is 5.57 Å². The van der Waals surface area contributed by atoms with Crippen LogP contribution in [0.1, 0.15) is 27.2 Å². The van der Waals surface area contributed by atoms with Gasteiger partial charge in [0.2, 0.25) is 0 Å². The highest BCUT2D eigenvalue weighted by molar-refractivity contribution is 5.29. The van der Waals surface area contributed by atoms with Gasteiger partial charge in [-0.25, -0.2) is 0 Å². The summed E-state index contributed by atoms with van der Waals surface area (Å²) < 4.78 is 5.50. The fourth-order valence-electron chi connectivity index (χ4n) is 1.16. The molecule has 0 N–H and O–H groups in total.